The molecule has 1 aromatic carbocycles. The number of nitrogens with one attached hydrogen (secondary N) is 1. The van der Waals surface area contributed by atoms with Gasteiger partial charge in [0.25, 0.3) is 0 Å². The van der Waals surface area contributed by atoms with Crippen LogP contribution in [-0.4, -0.2) is 38.3 Å². The van der Waals surface area contributed by atoms with Crippen LogP contribution in [0, 0.1) is 5.92 Å². The van der Waals surface area contributed by atoms with Crippen molar-refractivity contribution in [1.82, 2.24) is 9.62 Å². The van der Waals surface area contributed by atoms with E-state index in [9.17, 15) is 13.2 Å². The number of benzene rings is 1. The Hall–Kier alpha value is -0.820. The van der Waals surface area contributed by atoms with E-state index >= 15 is 0 Å². The Bertz CT molecular complexity index is 695. The van der Waals surface area contributed by atoms with Gasteiger partial charge in [-0.1, -0.05) is 36.2 Å². The number of rotatable bonds is 6. The molecule has 24 heavy (non-hydrogen) atoms. The Morgan fingerprint density at radius 2 is 2.08 bits per heavy atom. The third kappa shape index (κ3) is 5.09. The number of sulfonamides is 1. The molecule has 1 atom stereocenters. The average Bonchev–Trinajstić information content (AvgIpc) is 2.56. The highest BCUT2D eigenvalue weighted by atomic mass is 35.5. The third-order valence-corrected chi connectivity index (χ3v) is 6.59. The predicted octanol–water partition coefficient (Wildman–Crippen LogP) is 3.06. The normalized spacial score (nSPS) is 19.2. The number of carbonyl (C=O) groups excluding carboxylic acids is 1. The molecule has 1 fully saturated rings. The van der Waals surface area contributed by atoms with Crippen molar-refractivity contribution in [3.05, 3.63) is 33.8 Å². The summed E-state index contributed by atoms with van der Waals surface area (Å²) in [5, 5.41) is 3.57. The van der Waals surface area contributed by atoms with Gasteiger partial charge in [0.2, 0.25) is 15.9 Å². The second-order valence-electron chi connectivity index (χ2n) is 5.99. The minimum atomic E-state index is -3.50. The van der Waals surface area contributed by atoms with Gasteiger partial charge in [-0.3, -0.25) is 4.79 Å². The average molecular weight is 393 g/mol. The fraction of sp³-hybridized carbons (Fsp3) is 0.562. The zero-order chi connectivity index (χ0) is 17.7. The maximum atomic E-state index is 12.7. The molecule has 0 radical (unpaired) electrons. The Labute approximate surface area is 153 Å². The Balaban J connectivity index is 2.05. The van der Waals surface area contributed by atoms with E-state index in [1.807, 2.05) is 6.92 Å². The molecule has 1 amide bonds. The first-order valence-corrected chi connectivity index (χ1v) is 10.4. The minimum Gasteiger partial charge on any atom is -0.356 e. The van der Waals surface area contributed by atoms with Gasteiger partial charge in [0.1, 0.15) is 0 Å². The number of amides is 1. The minimum absolute atomic E-state index is 0.0636. The van der Waals surface area contributed by atoms with Crippen LogP contribution in [0.4, 0.5) is 0 Å². The van der Waals surface area contributed by atoms with Crippen molar-refractivity contribution in [2.45, 2.75) is 31.9 Å². The summed E-state index contributed by atoms with van der Waals surface area (Å²) in [5.41, 5.74) is 0.585. The molecule has 0 aromatic heterocycles. The second kappa shape index (κ2) is 8.52. The molecule has 134 valence electrons. The standard InChI is InChI=1S/C16H22Cl2N2O3S/c1-2-7-19-16(21)13-4-3-8-20(10-13)24(22,23)11-12-5-6-14(17)15(18)9-12/h5-6,9,13H,2-4,7-8,10-11H2,1H3,(H,19,21). The van der Waals surface area contributed by atoms with E-state index in [0.717, 1.165) is 6.42 Å². The molecule has 2 rings (SSSR count). The summed E-state index contributed by atoms with van der Waals surface area (Å²) >= 11 is 11.8. The maximum Gasteiger partial charge on any atom is 0.224 e. The molecule has 0 spiro atoms. The molecule has 1 aliphatic heterocycles. The van der Waals surface area contributed by atoms with Gasteiger partial charge in [0, 0.05) is 19.6 Å². The number of hydrogen-bond donors (Lipinski definition) is 1. The van der Waals surface area contributed by atoms with E-state index < -0.39 is 10.0 Å². The lowest BCUT2D eigenvalue weighted by Gasteiger charge is -2.31. The molecular formula is C16H22Cl2N2O3S. The molecule has 8 heteroatoms. The molecule has 0 bridgehead atoms. The van der Waals surface area contributed by atoms with E-state index in [1.165, 1.54) is 4.31 Å². The quantitative estimate of drug-likeness (QED) is 0.808. The van der Waals surface area contributed by atoms with E-state index in [2.05, 4.69) is 5.32 Å². The third-order valence-electron chi connectivity index (χ3n) is 4.03. The van der Waals surface area contributed by atoms with Gasteiger partial charge in [-0.15, -0.1) is 0 Å². The SMILES string of the molecule is CCCNC(=O)C1CCCN(S(=O)(=O)Cc2ccc(Cl)c(Cl)c2)C1. The fourth-order valence-electron chi connectivity index (χ4n) is 2.73. The molecule has 1 aliphatic rings. The lowest BCUT2D eigenvalue weighted by atomic mass is 9.99. The number of halogens is 2. The molecule has 1 heterocycles. The van der Waals surface area contributed by atoms with Crippen LogP contribution in [-0.2, 0) is 20.6 Å². The van der Waals surface area contributed by atoms with E-state index in [1.54, 1.807) is 18.2 Å². The Kier molecular flexibility index (Phi) is 6.92. The summed E-state index contributed by atoms with van der Waals surface area (Å²) < 4.78 is 26.7. The van der Waals surface area contributed by atoms with Crippen LogP contribution >= 0.6 is 23.2 Å². The smallest absolute Gasteiger partial charge is 0.224 e. The van der Waals surface area contributed by atoms with Crippen molar-refractivity contribution < 1.29 is 13.2 Å². The number of hydrogen-bond acceptors (Lipinski definition) is 3. The fourth-order valence-corrected chi connectivity index (χ4v) is 4.65. The molecule has 0 aliphatic carbocycles. The monoisotopic (exact) mass is 392 g/mol. The highest BCUT2D eigenvalue weighted by Crippen LogP contribution is 2.26. The van der Waals surface area contributed by atoms with Gasteiger partial charge in [0.05, 0.1) is 21.7 Å². The Morgan fingerprint density at radius 1 is 1.33 bits per heavy atom. The van der Waals surface area contributed by atoms with Crippen LogP contribution in [0.15, 0.2) is 18.2 Å². The molecule has 1 unspecified atom stereocenters. The highest BCUT2D eigenvalue weighted by Gasteiger charge is 2.32. The molecule has 1 N–H and O–H groups in total. The van der Waals surface area contributed by atoms with Gasteiger partial charge < -0.3 is 5.32 Å². The molecule has 5 nitrogen and oxygen atoms in total. The van der Waals surface area contributed by atoms with E-state index in [-0.39, 0.29) is 24.1 Å². The number of carbonyl (C=O) groups is 1. The molecule has 0 saturated carbocycles. The van der Waals surface area contributed by atoms with Crippen LogP contribution < -0.4 is 5.32 Å². The molecule has 1 aromatic rings. The van der Waals surface area contributed by atoms with E-state index in [4.69, 9.17) is 23.2 Å². The van der Waals surface area contributed by atoms with Crippen molar-refractivity contribution >= 4 is 39.1 Å². The van der Waals surface area contributed by atoms with Crippen LogP contribution in [0.5, 0.6) is 0 Å². The van der Waals surface area contributed by atoms with E-state index in [0.29, 0.717) is 41.5 Å². The first-order valence-electron chi connectivity index (χ1n) is 8.03. The zero-order valence-electron chi connectivity index (χ0n) is 13.6. The predicted molar refractivity (Wildman–Crippen MR) is 96.7 cm³/mol. The molecule has 1 saturated heterocycles. The highest BCUT2D eigenvalue weighted by molar-refractivity contribution is 7.88. The topological polar surface area (TPSA) is 66.5 Å². The lowest BCUT2D eigenvalue weighted by Crippen LogP contribution is -2.45. The van der Waals surface area contributed by atoms with Gasteiger partial charge in [-0.05, 0) is 37.0 Å². The van der Waals surface area contributed by atoms with Crippen molar-refractivity contribution in [3.63, 3.8) is 0 Å². The van der Waals surface area contributed by atoms with Crippen molar-refractivity contribution in [2.24, 2.45) is 5.92 Å². The first-order chi connectivity index (χ1) is 11.3. The summed E-state index contributed by atoms with van der Waals surface area (Å²) in [4.78, 5) is 12.1. The molecular weight excluding hydrogens is 371 g/mol. The van der Waals surface area contributed by atoms with Gasteiger partial charge in [-0.2, -0.15) is 0 Å². The van der Waals surface area contributed by atoms with Gasteiger partial charge in [0.15, 0.2) is 0 Å². The number of piperidine rings is 1. The van der Waals surface area contributed by atoms with Gasteiger partial charge in [-0.25, -0.2) is 12.7 Å². The lowest BCUT2D eigenvalue weighted by molar-refractivity contribution is -0.126. The maximum absolute atomic E-state index is 12.7. The Morgan fingerprint density at radius 3 is 2.75 bits per heavy atom. The van der Waals surface area contributed by atoms with Crippen molar-refractivity contribution in [3.8, 4) is 0 Å². The van der Waals surface area contributed by atoms with Crippen LogP contribution in [0.25, 0.3) is 0 Å². The number of nitrogens with zero attached hydrogens (tertiary/aromatic N) is 1. The summed E-state index contributed by atoms with van der Waals surface area (Å²) in [6, 6.07) is 4.81. The van der Waals surface area contributed by atoms with Crippen LogP contribution in [0.1, 0.15) is 31.7 Å². The van der Waals surface area contributed by atoms with Crippen LogP contribution in [0.2, 0.25) is 10.0 Å². The van der Waals surface area contributed by atoms with Gasteiger partial charge >= 0.3 is 0 Å². The zero-order valence-corrected chi connectivity index (χ0v) is 15.9. The summed E-state index contributed by atoms with van der Waals surface area (Å²) in [6.07, 6.45) is 2.26. The first kappa shape index (κ1) is 19.5. The summed E-state index contributed by atoms with van der Waals surface area (Å²) in [5.74, 6) is -0.493. The summed E-state index contributed by atoms with van der Waals surface area (Å²) in [6.45, 7) is 3.28. The largest absolute Gasteiger partial charge is 0.356 e. The van der Waals surface area contributed by atoms with Crippen molar-refractivity contribution in [1.29, 1.82) is 0 Å². The second-order valence-corrected chi connectivity index (χ2v) is 8.78. The van der Waals surface area contributed by atoms with Crippen molar-refractivity contribution in [2.75, 3.05) is 19.6 Å². The summed E-state index contributed by atoms with van der Waals surface area (Å²) in [7, 11) is -3.50. The van der Waals surface area contributed by atoms with Crippen LogP contribution in [0.3, 0.4) is 0 Å².